The van der Waals surface area contributed by atoms with Gasteiger partial charge >= 0.3 is 0 Å². The number of H-pyrrole nitrogens is 1. The lowest BCUT2D eigenvalue weighted by atomic mass is 10.1. The zero-order chi connectivity index (χ0) is 13.7. The lowest BCUT2D eigenvalue weighted by Gasteiger charge is -2.09. The van der Waals surface area contributed by atoms with Crippen LogP contribution < -0.4 is 15.6 Å². The fraction of sp³-hybridized carbons (Fsp3) is 0.286. The molecule has 0 unspecified atom stereocenters. The van der Waals surface area contributed by atoms with E-state index in [9.17, 15) is 4.79 Å². The van der Waals surface area contributed by atoms with Crippen LogP contribution in [0.15, 0.2) is 35.4 Å². The number of hydrogen-bond donors (Lipinski definition) is 2. The number of nitrogens with zero attached hydrogens (tertiary/aromatic N) is 1. The van der Waals surface area contributed by atoms with Crippen LogP contribution >= 0.6 is 0 Å². The van der Waals surface area contributed by atoms with Gasteiger partial charge in [-0.2, -0.15) is 0 Å². The van der Waals surface area contributed by atoms with Crippen LogP contribution in [0, 0.1) is 0 Å². The van der Waals surface area contributed by atoms with Gasteiger partial charge in [0.25, 0.3) is 5.56 Å². The number of aryl methyl sites for hydroxylation is 1. The highest BCUT2D eigenvalue weighted by Gasteiger charge is 2.07. The first kappa shape index (κ1) is 13.1. The van der Waals surface area contributed by atoms with Gasteiger partial charge in [0.2, 0.25) is 5.75 Å². The van der Waals surface area contributed by atoms with Gasteiger partial charge in [-0.3, -0.25) is 4.79 Å². The Morgan fingerprint density at radius 1 is 1.26 bits per heavy atom. The molecule has 1 aromatic heterocycles. The molecular formula is C14H17N3O2. The molecule has 0 spiro atoms. The molecule has 0 amide bonds. The van der Waals surface area contributed by atoms with E-state index in [1.165, 1.54) is 19.0 Å². The van der Waals surface area contributed by atoms with Crippen LogP contribution in [0.5, 0.6) is 5.75 Å². The lowest BCUT2D eigenvalue weighted by molar-refractivity contribution is 0.408. The molecule has 0 fully saturated rings. The molecule has 2 aromatic rings. The fourth-order valence-corrected chi connectivity index (χ4v) is 1.78. The standard InChI is InChI=1S/C14H17N3O2/c1-3-10-4-6-11(7-5-10)8-15-13-12(19-2)14(18)17-9-16-13/h4-7,9H,3,8H2,1-2H3,(H2,15,16,17,18). The third-order valence-corrected chi connectivity index (χ3v) is 2.91. The largest absolute Gasteiger partial charge is 0.489 e. The van der Waals surface area contributed by atoms with Gasteiger partial charge in [-0.1, -0.05) is 31.2 Å². The van der Waals surface area contributed by atoms with Gasteiger partial charge in [-0.15, -0.1) is 0 Å². The van der Waals surface area contributed by atoms with Crippen molar-refractivity contribution in [1.82, 2.24) is 9.97 Å². The average molecular weight is 259 g/mol. The molecule has 0 bridgehead atoms. The van der Waals surface area contributed by atoms with Crippen molar-refractivity contribution in [3.8, 4) is 5.75 Å². The highest BCUT2D eigenvalue weighted by atomic mass is 16.5. The van der Waals surface area contributed by atoms with Crippen LogP contribution in [0.25, 0.3) is 0 Å². The maximum Gasteiger partial charge on any atom is 0.295 e. The summed E-state index contributed by atoms with van der Waals surface area (Å²) in [6.45, 7) is 2.72. The zero-order valence-electron chi connectivity index (χ0n) is 11.1. The highest BCUT2D eigenvalue weighted by molar-refractivity contribution is 5.48. The molecule has 1 heterocycles. The van der Waals surface area contributed by atoms with Gasteiger partial charge in [-0.05, 0) is 17.5 Å². The van der Waals surface area contributed by atoms with E-state index in [4.69, 9.17) is 4.74 Å². The molecular weight excluding hydrogens is 242 g/mol. The predicted octanol–water partition coefficient (Wildman–Crippen LogP) is 1.95. The number of anilines is 1. The Morgan fingerprint density at radius 3 is 2.58 bits per heavy atom. The Bertz CT molecular complexity index is 590. The molecule has 0 atom stereocenters. The van der Waals surface area contributed by atoms with E-state index in [1.807, 2.05) is 0 Å². The Kier molecular flexibility index (Phi) is 4.18. The topological polar surface area (TPSA) is 67.0 Å². The van der Waals surface area contributed by atoms with E-state index in [1.54, 1.807) is 0 Å². The summed E-state index contributed by atoms with van der Waals surface area (Å²) in [6.07, 6.45) is 2.38. The van der Waals surface area contributed by atoms with Crippen molar-refractivity contribution in [2.24, 2.45) is 0 Å². The SMILES string of the molecule is CCc1ccc(CNc2nc[nH]c(=O)c2OC)cc1. The van der Waals surface area contributed by atoms with E-state index in [0.29, 0.717) is 12.4 Å². The van der Waals surface area contributed by atoms with Crippen molar-refractivity contribution < 1.29 is 4.74 Å². The molecule has 1 aromatic carbocycles. The van der Waals surface area contributed by atoms with Crippen molar-refractivity contribution in [3.05, 3.63) is 52.1 Å². The summed E-state index contributed by atoms with van der Waals surface area (Å²) in [5.41, 5.74) is 2.14. The number of aromatic nitrogens is 2. The number of rotatable bonds is 5. The second kappa shape index (κ2) is 6.04. The van der Waals surface area contributed by atoms with E-state index in [-0.39, 0.29) is 11.3 Å². The molecule has 0 aliphatic carbocycles. The zero-order valence-corrected chi connectivity index (χ0v) is 11.1. The van der Waals surface area contributed by atoms with E-state index < -0.39 is 0 Å². The summed E-state index contributed by atoms with van der Waals surface area (Å²) >= 11 is 0. The third-order valence-electron chi connectivity index (χ3n) is 2.91. The fourth-order valence-electron chi connectivity index (χ4n) is 1.78. The first-order valence-electron chi connectivity index (χ1n) is 6.18. The minimum Gasteiger partial charge on any atom is -0.489 e. The summed E-state index contributed by atoms with van der Waals surface area (Å²) in [4.78, 5) is 18.0. The minimum absolute atomic E-state index is 0.202. The molecule has 2 N–H and O–H groups in total. The Morgan fingerprint density at radius 2 is 1.95 bits per heavy atom. The number of hydrogen-bond acceptors (Lipinski definition) is 4. The summed E-state index contributed by atoms with van der Waals surface area (Å²) < 4.78 is 5.03. The quantitative estimate of drug-likeness (QED) is 0.861. The summed E-state index contributed by atoms with van der Waals surface area (Å²) in [5, 5.41) is 3.10. The summed E-state index contributed by atoms with van der Waals surface area (Å²) in [6, 6.07) is 8.32. The van der Waals surface area contributed by atoms with Crippen LogP contribution in [0.3, 0.4) is 0 Å². The maximum atomic E-state index is 11.5. The Hall–Kier alpha value is -2.30. The van der Waals surface area contributed by atoms with Crippen molar-refractivity contribution in [1.29, 1.82) is 0 Å². The normalized spacial score (nSPS) is 10.2. The second-order valence-corrected chi connectivity index (χ2v) is 4.14. The molecule has 5 heteroatoms. The molecule has 5 nitrogen and oxygen atoms in total. The molecule has 2 rings (SSSR count). The lowest BCUT2D eigenvalue weighted by Crippen LogP contribution is -2.14. The van der Waals surface area contributed by atoms with E-state index in [0.717, 1.165) is 12.0 Å². The van der Waals surface area contributed by atoms with Gasteiger partial charge in [0.05, 0.1) is 13.4 Å². The Labute approximate surface area is 111 Å². The monoisotopic (exact) mass is 259 g/mol. The van der Waals surface area contributed by atoms with E-state index >= 15 is 0 Å². The number of ether oxygens (including phenoxy) is 1. The van der Waals surface area contributed by atoms with Crippen molar-refractivity contribution >= 4 is 5.82 Å². The third kappa shape index (κ3) is 3.13. The smallest absolute Gasteiger partial charge is 0.295 e. The maximum absolute atomic E-state index is 11.5. The Balaban J connectivity index is 2.09. The van der Waals surface area contributed by atoms with Gasteiger partial charge in [0.15, 0.2) is 5.82 Å². The number of aromatic amines is 1. The van der Waals surface area contributed by atoms with Gasteiger partial charge in [-0.25, -0.2) is 4.98 Å². The molecule has 0 saturated heterocycles. The average Bonchev–Trinajstić information content (AvgIpc) is 2.45. The summed E-state index contributed by atoms with van der Waals surface area (Å²) in [7, 11) is 1.45. The molecule has 0 aliphatic rings. The van der Waals surface area contributed by atoms with Crippen LogP contribution in [-0.4, -0.2) is 17.1 Å². The number of benzene rings is 1. The summed E-state index contributed by atoms with van der Waals surface area (Å²) in [5.74, 6) is 0.651. The molecule has 19 heavy (non-hydrogen) atoms. The van der Waals surface area contributed by atoms with Gasteiger partial charge in [0, 0.05) is 6.54 Å². The highest BCUT2D eigenvalue weighted by Crippen LogP contribution is 2.15. The number of nitrogens with one attached hydrogen (secondary N) is 2. The van der Waals surface area contributed by atoms with Crippen LogP contribution in [0.2, 0.25) is 0 Å². The first-order chi connectivity index (χ1) is 9.24. The predicted molar refractivity (Wildman–Crippen MR) is 74.6 cm³/mol. The molecule has 0 saturated carbocycles. The van der Waals surface area contributed by atoms with Gasteiger partial charge < -0.3 is 15.0 Å². The molecule has 100 valence electrons. The van der Waals surface area contributed by atoms with Crippen molar-refractivity contribution in [2.45, 2.75) is 19.9 Å². The van der Waals surface area contributed by atoms with Gasteiger partial charge in [0.1, 0.15) is 0 Å². The minimum atomic E-state index is -0.290. The first-order valence-corrected chi connectivity index (χ1v) is 6.18. The van der Waals surface area contributed by atoms with Crippen molar-refractivity contribution in [2.75, 3.05) is 12.4 Å². The van der Waals surface area contributed by atoms with Crippen LogP contribution in [0.4, 0.5) is 5.82 Å². The van der Waals surface area contributed by atoms with Crippen molar-refractivity contribution in [3.63, 3.8) is 0 Å². The molecule has 0 aliphatic heterocycles. The second-order valence-electron chi connectivity index (χ2n) is 4.14. The van der Waals surface area contributed by atoms with Crippen LogP contribution in [-0.2, 0) is 13.0 Å². The van der Waals surface area contributed by atoms with Crippen LogP contribution in [0.1, 0.15) is 18.1 Å². The van der Waals surface area contributed by atoms with E-state index in [2.05, 4.69) is 46.5 Å². The molecule has 0 radical (unpaired) electrons. The number of methoxy groups -OCH3 is 1.